The average molecular weight is 267 g/mol. The number of hydrogen-bond acceptors (Lipinski definition) is 3. The number of carbonyl (C=O) groups is 1. The summed E-state index contributed by atoms with van der Waals surface area (Å²) in [5.74, 6) is -0.216. The van der Waals surface area contributed by atoms with Gasteiger partial charge in [0.2, 0.25) is 0 Å². The van der Waals surface area contributed by atoms with Crippen molar-refractivity contribution in [2.45, 2.75) is 13.0 Å². The van der Waals surface area contributed by atoms with E-state index in [9.17, 15) is 4.79 Å². The molecule has 3 nitrogen and oxygen atoms in total. The molecule has 0 bridgehead atoms. The third-order valence-corrected chi connectivity index (χ3v) is 3.25. The molecule has 2 aromatic heterocycles. The van der Waals surface area contributed by atoms with Crippen molar-refractivity contribution in [2.24, 2.45) is 0 Å². The maximum atomic E-state index is 11.9. The predicted octanol–water partition coefficient (Wildman–Crippen LogP) is 3.29. The van der Waals surface area contributed by atoms with Gasteiger partial charge in [-0.25, -0.2) is 4.98 Å². The molecule has 0 fully saturated rings. The monoisotopic (exact) mass is 266 g/mol. The fourth-order valence-electron chi connectivity index (χ4n) is 1.41. The van der Waals surface area contributed by atoms with Crippen LogP contribution in [0.15, 0.2) is 35.0 Å². The first-order chi connectivity index (χ1) is 8.16. The van der Waals surface area contributed by atoms with Gasteiger partial charge in [-0.05, 0) is 41.4 Å². The van der Waals surface area contributed by atoms with E-state index in [0.717, 1.165) is 5.56 Å². The van der Waals surface area contributed by atoms with Gasteiger partial charge in [0.15, 0.2) is 0 Å². The second kappa shape index (κ2) is 5.29. The third-order valence-electron chi connectivity index (χ3n) is 2.34. The maximum Gasteiger partial charge on any atom is 0.270 e. The molecule has 0 spiro atoms. The zero-order chi connectivity index (χ0) is 12.3. The van der Waals surface area contributed by atoms with Crippen LogP contribution in [-0.2, 0) is 0 Å². The molecule has 0 saturated heterocycles. The van der Waals surface area contributed by atoms with E-state index >= 15 is 0 Å². The van der Waals surface area contributed by atoms with Gasteiger partial charge in [0.25, 0.3) is 5.91 Å². The topological polar surface area (TPSA) is 42.0 Å². The molecule has 1 atom stereocenters. The number of hydrogen-bond donors (Lipinski definition) is 1. The number of nitrogens with one attached hydrogen (secondary N) is 1. The highest BCUT2D eigenvalue weighted by Crippen LogP contribution is 2.16. The molecule has 17 heavy (non-hydrogen) atoms. The number of thiophene rings is 1. The van der Waals surface area contributed by atoms with Crippen LogP contribution in [0.5, 0.6) is 0 Å². The summed E-state index contributed by atoms with van der Waals surface area (Å²) in [6.45, 7) is 1.94. The van der Waals surface area contributed by atoms with Gasteiger partial charge in [0.05, 0.1) is 6.04 Å². The average Bonchev–Trinajstić information content (AvgIpc) is 2.82. The first kappa shape index (κ1) is 12.1. The standard InChI is InChI=1S/C12H11ClN2OS/c1-8(9-5-6-17-7-9)14-12(16)10-3-2-4-11(13)15-10/h2-8H,1H3,(H,14,16). The molecule has 2 aromatic rings. The Kier molecular flexibility index (Phi) is 3.76. The Morgan fingerprint density at radius 3 is 2.94 bits per heavy atom. The second-order valence-electron chi connectivity index (χ2n) is 3.60. The fourth-order valence-corrected chi connectivity index (χ4v) is 2.33. The highest BCUT2D eigenvalue weighted by molar-refractivity contribution is 7.07. The van der Waals surface area contributed by atoms with E-state index < -0.39 is 0 Å². The number of amides is 1. The molecule has 0 aromatic carbocycles. The zero-order valence-electron chi connectivity index (χ0n) is 9.18. The Labute approximate surface area is 108 Å². The van der Waals surface area contributed by atoms with Crippen LogP contribution in [0, 0.1) is 0 Å². The summed E-state index contributed by atoms with van der Waals surface area (Å²) in [5.41, 5.74) is 1.42. The van der Waals surface area contributed by atoms with Gasteiger partial charge < -0.3 is 5.32 Å². The van der Waals surface area contributed by atoms with Crippen molar-refractivity contribution in [1.82, 2.24) is 10.3 Å². The fraction of sp³-hybridized carbons (Fsp3) is 0.167. The third kappa shape index (κ3) is 3.05. The molecule has 0 saturated carbocycles. The summed E-state index contributed by atoms with van der Waals surface area (Å²) in [6.07, 6.45) is 0. The summed E-state index contributed by atoms with van der Waals surface area (Å²) in [6, 6.07) is 6.94. The Bertz CT molecular complexity index is 513. The van der Waals surface area contributed by atoms with Crippen LogP contribution in [0.4, 0.5) is 0 Å². The van der Waals surface area contributed by atoms with Crippen LogP contribution < -0.4 is 5.32 Å². The lowest BCUT2D eigenvalue weighted by Crippen LogP contribution is -2.27. The van der Waals surface area contributed by atoms with Crippen LogP contribution in [-0.4, -0.2) is 10.9 Å². The maximum absolute atomic E-state index is 11.9. The molecule has 2 rings (SSSR count). The number of carbonyl (C=O) groups excluding carboxylic acids is 1. The lowest BCUT2D eigenvalue weighted by atomic mass is 10.2. The van der Waals surface area contributed by atoms with Gasteiger partial charge in [0.1, 0.15) is 10.8 Å². The van der Waals surface area contributed by atoms with E-state index in [-0.39, 0.29) is 11.9 Å². The first-order valence-electron chi connectivity index (χ1n) is 5.12. The molecule has 0 aliphatic carbocycles. The van der Waals surface area contributed by atoms with Crippen LogP contribution in [0.25, 0.3) is 0 Å². The molecule has 1 unspecified atom stereocenters. The number of rotatable bonds is 3. The summed E-state index contributed by atoms with van der Waals surface area (Å²) in [7, 11) is 0. The summed E-state index contributed by atoms with van der Waals surface area (Å²) in [5, 5.41) is 7.18. The van der Waals surface area contributed by atoms with E-state index in [2.05, 4.69) is 10.3 Å². The lowest BCUT2D eigenvalue weighted by molar-refractivity contribution is 0.0935. The Hall–Kier alpha value is -1.39. The van der Waals surface area contributed by atoms with Gasteiger partial charge in [-0.15, -0.1) is 0 Å². The number of aromatic nitrogens is 1. The highest BCUT2D eigenvalue weighted by Gasteiger charge is 2.12. The molecule has 0 aliphatic rings. The van der Waals surface area contributed by atoms with E-state index in [1.165, 1.54) is 0 Å². The Morgan fingerprint density at radius 1 is 1.47 bits per heavy atom. The van der Waals surface area contributed by atoms with E-state index in [1.807, 2.05) is 23.8 Å². The molecule has 0 aliphatic heterocycles. The molecule has 0 radical (unpaired) electrons. The molecule has 1 N–H and O–H groups in total. The molecular weight excluding hydrogens is 256 g/mol. The molecule has 5 heteroatoms. The van der Waals surface area contributed by atoms with Crippen LogP contribution >= 0.6 is 22.9 Å². The zero-order valence-corrected chi connectivity index (χ0v) is 10.8. The van der Waals surface area contributed by atoms with Crippen LogP contribution in [0.3, 0.4) is 0 Å². The predicted molar refractivity (Wildman–Crippen MR) is 69.4 cm³/mol. The minimum absolute atomic E-state index is 0.0328. The smallest absolute Gasteiger partial charge is 0.270 e. The van der Waals surface area contributed by atoms with E-state index in [0.29, 0.717) is 10.8 Å². The summed E-state index contributed by atoms with van der Waals surface area (Å²) in [4.78, 5) is 15.8. The van der Waals surface area contributed by atoms with Crippen molar-refractivity contribution in [3.63, 3.8) is 0 Å². The Morgan fingerprint density at radius 2 is 2.29 bits per heavy atom. The number of nitrogens with zero attached hydrogens (tertiary/aromatic N) is 1. The first-order valence-corrected chi connectivity index (χ1v) is 6.44. The summed E-state index contributed by atoms with van der Waals surface area (Å²) < 4.78 is 0. The van der Waals surface area contributed by atoms with Gasteiger partial charge in [-0.3, -0.25) is 4.79 Å². The summed E-state index contributed by atoms with van der Waals surface area (Å²) >= 11 is 7.34. The minimum Gasteiger partial charge on any atom is -0.344 e. The van der Waals surface area contributed by atoms with Crippen molar-refractivity contribution in [3.8, 4) is 0 Å². The number of halogens is 1. The van der Waals surface area contributed by atoms with Gasteiger partial charge in [-0.1, -0.05) is 17.7 Å². The molecule has 1 amide bonds. The molecule has 88 valence electrons. The van der Waals surface area contributed by atoms with Crippen molar-refractivity contribution >= 4 is 28.8 Å². The second-order valence-corrected chi connectivity index (χ2v) is 4.76. The van der Waals surface area contributed by atoms with Gasteiger partial charge in [0, 0.05) is 0 Å². The minimum atomic E-state index is -0.216. The van der Waals surface area contributed by atoms with Gasteiger partial charge in [-0.2, -0.15) is 11.3 Å². The normalized spacial score (nSPS) is 12.1. The van der Waals surface area contributed by atoms with Crippen molar-refractivity contribution in [3.05, 3.63) is 51.4 Å². The van der Waals surface area contributed by atoms with E-state index in [4.69, 9.17) is 11.6 Å². The largest absolute Gasteiger partial charge is 0.344 e. The van der Waals surface area contributed by atoms with E-state index in [1.54, 1.807) is 29.5 Å². The Balaban J connectivity index is 2.07. The molecular formula is C12H11ClN2OS. The van der Waals surface area contributed by atoms with Crippen molar-refractivity contribution in [2.75, 3.05) is 0 Å². The van der Waals surface area contributed by atoms with Crippen LogP contribution in [0.2, 0.25) is 5.15 Å². The molecule has 2 heterocycles. The van der Waals surface area contributed by atoms with Crippen molar-refractivity contribution in [1.29, 1.82) is 0 Å². The van der Waals surface area contributed by atoms with Crippen molar-refractivity contribution < 1.29 is 4.79 Å². The SMILES string of the molecule is CC(NC(=O)c1cccc(Cl)n1)c1ccsc1. The lowest BCUT2D eigenvalue weighted by Gasteiger charge is -2.12. The van der Waals surface area contributed by atoms with Crippen LogP contribution in [0.1, 0.15) is 29.0 Å². The number of pyridine rings is 1. The highest BCUT2D eigenvalue weighted by atomic mass is 35.5. The van der Waals surface area contributed by atoms with Gasteiger partial charge >= 0.3 is 0 Å². The quantitative estimate of drug-likeness (QED) is 0.867.